The standard InChI is InChI=1S/C19H26N2O4/c1-7-14-16(12(4)22)11(3)21-17(14)18(23)20-9-19(6,24)15-8-10(2)25-13(15)5/h8,21,24H,7,9H2,1-6H3,(H,20,23). The Balaban J connectivity index is 2.22. The number of carbonyl (C=O) groups excluding carboxylic acids is 2. The number of hydrogen-bond acceptors (Lipinski definition) is 4. The molecule has 0 aliphatic heterocycles. The van der Waals surface area contributed by atoms with Crippen molar-refractivity contribution in [2.24, 2.45) is 0 Å². The molecule has 1 amide bonds. The first-order valence-corrected chi connectivity index (χ1v) is 8.39. The van der Waals surface area contributed by atoms with Crippen LogP contribution in [0.3, 0.4) is 0 Å². The van der Waals surface area contributed by atoms with Crippen LogP contribution in [-0.4, -0.2) is 28.3 Å². The number of amides is 1. The van der Waals surface area contributed by atoms with Gasteiger partial charge in [0.2, 0.25) is 0 Å². The van der Waals surface area contributed by atoms with Gasteiger partial charge in [-0.3, -0.25) is 9.59 Å². The largest absolute Gasteiger partial charge is 0.466 e. The van der Waals surface area contributed by atoms with Gasteiger partial charge < -0.3 is 19.8 Å². The van der Waals surface area contributed by atoms with Gasteiger partial charge in [0.15, 0.2) is 5.78 Å². The van der Waals surface area contributed by atoms with Gasteiger partial charge in [-0.05, 0) is 52.7 Å². The molecule has 2 aromatic rings. The van der Waals surface area contributed by atoms with E-state index in [1.807, 2.05) is 13.8 Å². The maximum atomic E-state index is 12.6. The van der Waals surface area contributed by atoms with Gasteiger partial charge in [-0.2, -0.15) is 0 Å². The number of aromatic amines is 1. The van der Waals surface area contributed by atoms with Crippen LogP contribution in [0, 0.1) is 20.8 Å². The van der Waals surface area contributed by atoms with Crippen LogP contribution < -0.4 is 5.32 Å². The molecule has 2 heterocycles. The van der Waals surface area contributed by atoms with Crippen molar-refractivity contribution in [1.29, 1.82) is 0 Å². The van der Waals surface area contributed by atoms with Crippen LogP contribution in [0.4, 0.5) is 0 Å². The molecular weight excluding hydrogens is 320 g/mol. The predicted molar refractivity (Wildman–Crippen MR) is 95.0 cm³/mol. The van der Waals surface area contributed by atoms with Crippen molar-refractivity contribution >= 4 is 11.7 Å². The van der Waals surface area contributed by atoms with E-state index >= 15 is 0 Å². The molecule has 25 heavy (non-hydrogen) atoms. The van der Waals surface area contributed by atoms with E-state index < -0.39 is 5.60 Å². The molecule has 0 fully saturated rings. The molecule has 0 aliphatic rings. The average molecular weight is 346 g/mol. The highest BCUT2D eigenvalue weighted by Crippen LogP contribution is 2.27. The molecule has 6 heteroatoms. The maximum absolute atomic E-state index is 12.6. The van der Waals surface area contributed by atoms with Crippen LogP contribution >= 0.6 is 0 Å². The molecule has 1 unspecified atom stereocenters. The summed E-state index contributed by atoms with van der Waals surface area (Å²) in [5, 5.41) is 13.5. The van der Waals surface area contributed by atoms with E-state index in [2.05, 4.69) is 10.3 Å². The number of aliphatic hydroxyl groups is 1. The second kappa shape index (κ2) is 6.88. The predicted octanol–water partition coefficient (Wildman–Crippen LogP) is 2.94. The van der Waals surface area contributed by atoms with Crippen molar-refractivity contribution < 1.29 is 19.1 Å². The fourth-order valence-electron chi connectivity index (χ4n) is 3.30. The topological polar surface area (TPSA) is 95.3 Å². The second-order valence-corrected chi connectivity index (χ2v) is 6.67. The molecule has 6 nitrogen and oxygen atoms in total. The summed E-state index contributed by atoms with van der Waals surface area (Å²) in [7, 11) is 0. The number of nitrogens with one attached hydrogen (secondary N) is 2. The van der Waals surface area contributed by atoms with E-state index in [4.69, 9.17) is 4.42 Å². The number of ketones is 1. The maximum Gasteiger partial charge on any atom is 0.268 e. The molecule has 0 bridgehead atoms. The van der Waals surface area contributed by atoms with Crippen LogP contribution in [0.5, 0.6) is 0 Å². The number of Topliss-reactive ketones (excluding diaryl/α,β-unsaturated/α-hetero) is 1. The third-order valence-electron chi connectivity index (χ3n) is 4.44. The van der Waals surface area contributed by atoms with Gasteiger partial charge in [-0.1, -0.05) is 6.92 Å². The summed E-state index contributed by atoms with van der Waals surface area (Å²) < 4.78 is 5.46. The smallest absolute Gasteiger partial charge is 0.268 e. The zero-order chi connectivity index (χ0) is 18.9. The zero-order valence-corrected chi connectivity index (χ0v) is 15.7. The molecule has 0 aliphatic carbocycles. The Morgan fingerprint density at radius 1 is 1.32 bits per heavy atom. The summed E-state index contributed by atoms with van der Waals surface area (Å²) in [6.07, 6.45) is 0.568. The van der Waals surface area contributed by atoms with E-state index in [1.165, 1.54) is 6.92 Å². The van der Waals surface area contributed by atoms with Crippen LogP contribution in [-0.2, 0) is 12.0 Å². The molecule has 0 saturated carbocycles. The number of hydrogen-bond donors (Lipinski definition) is 3. The number of furan rings is 1. The lowest BCUT2D eigenvalue weighted by molar-refractivity contribution is 0.0512. The molecule has 0 radical (unpaired) electrons. The van der Waals surface area contributed by atoms with Crippen LogP contribution in [0.1, 0.15) is 70.0 Å². The molecule has 3 N–H and O–H groups in total. The van der Waals surface area contributed by atoms with Crippen molar-refractivity contribution in [1.82, 2.24) is 10.3 Å². The van der Waals surface area contributed by atoms with E-state index in [9.17, 15) is 14.7 Å². The Hall–Kier alpha value is -2.34. The van der Waals surface area contributed by atoms with Crippen LogP contribution in [0.15, 0.2) is 10.5 Å². The Kier molecular flexibility index (Phi) is 5.23. The molecule has 2 rings (SSSR count). The number of aromatic nitrogens is 1. The third-order valence-corrected chi connectivity index (χ3v) is 4.44. The Bertz CT molecular complexity index is 812. The summed E-state index contributed by atoms with van der Waals surface area (Å²) in [5.41, 5.74) is 1.73. The van der Waals surface area contributed by atoms with Crippen LogP contribution in [0.2, 0.25) is 0 Å². The van der Waals surface area contributed by atoms with E-state index in [0.717, 1.165) is 0 Å². The Labute approximate surface area is 147 Å². The summed E-state index contributed by atoms with van der Waals surface area (Å²) in [4.78, 5) is 27.4. The van der Waals surface area contributed by atoms with Gasteiger partial charge in [0.25, 0.3) is 5.91 Å². The van der Waals surface area contributed by atoms with Crippen molar-refractivity contribution in [2.45, 2.75) is 53.6 Å². The Morgan fingerprint density at radius 3 is 2.44 bits per heavy atom. The number of aryl methyl sites for hydroxylation is 3. The van der Waals surface area contributed by atoms with Gasteiger partial charge in [-0.15, -0.1) is 0 Å². The highest BCUT2D eigenvalue weighted by atomic mass is 16.3. The second-order valence-electron chi connectivity index (χ2n) is 6.67. The lowest BCUT2D eigenvalue weighted by atomic mass is 9.96. The van der Waals surface area contributed by atoms with E-state index in [-0.39, 0.29) is 18.2 Å². The molecule has 2 aromatic heterocycles. The van der Waals surface area contributed by atoms with Crippen molar-refractivity contribution in [3.63, 3.8) is 0 Å². The molecule has 0 aromatic carbocycles. The molecule has 0 spiro atoms. The summed E-state index contributed by atoms with van der Waals surface area (Å²) in [5.74, 6) is 0.922. The summed E-state index contributed by atoms with van der Waals surface area (Å²) in [6, 6.07) is 1.77. The monoisotopic (exact) mass is 346 g/mol. The summed E-state index contributed by atoms with van der Waals surface area (Å²) >= 11 is 0. The number of carbonyl (C=O) groups is 2. The summed E-state index contributed by atoms with van der Waals surface area (Å²) in [6.45, 7) is 10.4. The van der Waals surface area contributed by atoms with E-state index in [1.54, 1.807) is 26.8 Å². The van der Waals surface area contributed by atoms with Crippen molar-refractivity contribution in [2.75, 3.05) is 6.54 Å². The van der Waals surface area contributed by atoms with Gasteiger partial charge >= 0.3 is 0 Å². The SMILES string of the molecule is CCc1c(C(=O)NCC(C)(O)c2cc(C)oc2C)[nH]c(C)c1C(C)=O. The first-order valence-electron chi connectivity index (χ1n) is 8.39. The first kappa shape index (κ1) is 19.0. The molecule has 0 saturated heterocycles. The minimum atomic E-state index is -1.26. The minimum absolute atomic E-state index is 0.0300. The fourth-order valence-corrected chi connectivity index (χ4v) is 3.30. The third kappa shape index (κ3) is 3.69. The minimum Gasteiger partial charge on any atom is -0.466 e. The highest BCUT2D eigenvalue weighted by molar-refractivity contribution is 6.02. The van der Waals surface area contributed by atoms with E-state index in [0.29, 0.717) is 46.0 Å². The van der Waals surface area contributed by atoms with Crippen molar-refractivity contribution in [3.8, 4) is 0 Å². The normalized spacial score (nSPS) is 13.6. The lowest BCUT2D eigenvalue weighted by Crippen LogP contribution is -2.39. The van der Waals surface area contributed by atoms with Crippen LogP contribution in [0.25, 0.3) is 0 Å². The van der Waals surface area contributed by atoms with Gasteiger partial charge in [0.1, 0.15) is 22.8 Å². The van der Waals surface area contributed by atoms with Crippen molar-refractivity contribution in [3.05, 3.63) is 45.7 Å². The quantitative estimate of drug-likeness (QED) is 0.701. The molecule has 1 atom stereocenters. The zero-order valence-electron chi connectivity index (χ0n) is 15.7. The van der Waals surface area contributed by atoms with Gasteiger partial charge in [-0.25, -0.2) is 0 Å². The highest BCUT2D eigenvalue weighted by Gasteiger charge is 2.29. The number of rotatable bonds is 6. The molecule has 136 valence electrons. The first-order chi connectivity index (χ1) is 11.6. The Morgan fingerprint density at radius 2 is 1.96 bits per heavy atom. The van der Waals surface area contributed by atoms with Gasteiger partial charge in [0, 0.05) is 16.8 Å². The molecular formula is C19H26N2O4. The van der Waals surface area contributed by atoms with Gasteiger partial charge in [0.05, 0.1) is 6.54 Å². The number of H-pyrrole nitrogens is 1. The fraction of sp³-hybridized carbons (Fsp3) is 0.474. The average Bonchev–Trinajstić information content (AvgIpc) is 3.04. The lowest BCUT2D eigenvalue weighted by Gasteiger charge is -2.23.